The minimum Gasteiger partial charge on any atom is -0.493 e. The number of carbonyl (C=O) groups excluding carboxylic acids is 1. The van der Waals surface area contributed by atoms with E-state index < -0.39 is 23.7 Å². The minimum absolute atomic E-state index is 0.344. The molecule has 0 bridgehead atoms. The Labute approximate surface area is 129 Å². The number of ether oxygens (including phenoxy) is 3. The zero-order chi connectivity index (χ0) is 16.9. The molecule has 22 heavy (non-hydrogen) atoms. The summed E-state index contributed by atoms with van der Waals surface area (Å²) in [5.74, 6) is -0.372. The molecule has 0 aromatic heterocycles. The molecule has 0 saturated heterocycles. The largest absolute Gasteiger partial charge is 0.493 e. The summed E-state index contributed by atoms with van der Waals surface area (Å²) >= 11 is 0. The van der Waals surface area contributed by atoms with Crippen LogP contribution in [-0.2, 0) is 9.53 Å². The molecule has 0 aliphatic rings. The molecule has 0 saturated carbocycles. The Morgan fingerprint density at radius 1 is 1.14 bits per heavy atom. The van der Waals surface area contributed by atoms with Gasteiger partial charge in [0.15, 0.2) is 17.5 Å². The molecule has 122 valence electrons. The highest BCUT2D eigenvalue weighted by Crippen LogP contribution is 2.30. The lowest BCUT2D eigenvalue weighted by Crippen LogP contribution is -2.38. The number of benzene rings is 1. The third kappa shape index (κ3) is 4.83. The second-order valence-electron chi connectivity index (χ2n) is 5.53. The molecule has 1 aromatic carbocycles. The molecule has 0 aliphatic heterocycles. The molecule has 0 fully saturated rings. The fourth-order valence-electron chi connectivity index (χ4n) is 1.75. The zero-order valence-electron chi connectivity index (χ0n) is 13.3. The van der Waals surface area contributed by atoms with E-state index in [9.17, 15) is 14.7 Å². The number of amides is 1. The van der Waals surface area contributed by atoms with Crippen molar-refractivity contribution in [3.8, 4) is 11.5 Å². The van der Waals surface area contributed by atoms with Gasteiger partial charge in [0.1, 0.15) is 5.60 Å². The lowest BCUT2D eigenvalue weighted by molar-refractivity contribution is -0.139. The van der Waals surface area contributed by atoms with E-state index in [1.165, 1.54) is 26.4 Å². The van der Waals surface area contributed by atoms with Crippen LogP contribution in [0.5, 0.6) is 11.5 Å². The van der Waals surface area contributed by atoms with Crippen LogP contribution in [0.1, 0.15) is 32.4 Å². The first-order valence-electron chi connectivity index (χ1n) is 6.62. The van der Waals surface area contributed by atoms with E-state index in [1.807, 2.05) is 0 Å². The maximum Gasteiger partial charge on any atom is 0.408 e. The molecule has 1 rings (SSSR count). The number of aliphatic carboxylic acids is 1. The second-order valence-corrected chi connectivity index (χ2v) is 5.53. The molecular weight excluding hydrogens is 290 g/mol. The summed E-state index contributed by atoms with van der Waals surface area (Å²) in [6, 6.07) is 3.35. The molecule has 2 N–H and O–H groups in total. The number of hydrogen-bond acceptors (Lipinski definition) is 5. The molecule has 0 radical (unpaired) electrons. The van der Waals surface area contributed by atoms with Crippen LogP contribution < -0.4 is 14.8 Å². The van der Waals surface area contributed by atoms with Crippen molar-refractivity contribution in [2.24, 2.45) is 0 Å². The Morgan fingerprint density at radius 3 is 2.18 bits per heavy atom. The molecular formula is C15H21NO6. The van der Waals surface area contributed by atoms with Gasteiger partial charge in [-0.15, -0.1) is 0 Å². The predicted octanol–water partition coefficient (Wildman–Crippen LogP) is 2.35. The average molecular weight is 311 g/mol. The molecule has 0 spiro atoms. The van der Waals surface area contributed by atoms with Gasteiger partial charge in [0, 0.05) is 0 Å². The molecule has 0 heterocycles. The van der Waals surface area contributed by atoms with Crippen LogP contribution in [0.2, 0.25) is 0 Å². The predicted molar refractivity (Wildman–Crippen MR) is 79.3 cm³/mol. The number of methoxy groups -OCH3 is 2. The van der Waals surface area contributed by atoms with Crippen molar-refractivity contribution in [1.29, 1.82) is 0 Å². The van der Waals surface area contributed by atoms with Gasteiger partial charge in [0.2, 0.25) is 0 Å². The highest BCUT2D eigenvalue weighted by atomic mass is 16.6. The molecule has 0 unspecified atom stereocenters. The molecule has 1 atom stereocenters. The standard InChI is InChI=1S/C15H21NO6/c1-15(2,3)22-14(19)16-12(13(17)18)9-6-7-10(20-4)11(8-9)21-5/h6-8,12H,1-5H3,(H,16,19)(H,17,18)/t12-/m0/s1. The highest BCUT2D eigenvalue weighted by molar-refractivity contribution is 5.81. The van der Waals surface area contributed by atoms with E-state index in [-0.39, 0.29) is 0 Å². The number of alkyl carbamates (subject to hydrolysis) is 1. The van der Waals surface area contributed by atoms with E-state index >= 15 is 0 Å². The van der Waals surface area contributed by atoms with Gasteiger partial charge in [0.25, 0.3) is 0 Å². The van der Waals surface area contributed by atoms with Gasteiger partial charge in [-0.1, -0.05) is 6.07 Å². The van der Waals surface area contributed by atoms with Crippen molar-refractivity contribution in [3.63, 3.8) is 0 Å². The Morgan fingerprint density at radius 2 is 1.73 bits per heavy atom. The molecule has 1 aromatic rings. The topological polar surface area (TPSA) is 94.1 Å². The molecule has 1 amide bonds. The van der Waals surface area contributed by atoms with Gasteiger partial charge < -0.3 is 24.6 Å². The van der Waals surface area contributed by atoms with E-state index in [0.29, 0.717) is 17.1 Å². The Bertz CT molecular complexity index is 549. The van der Waals surface area contributed by atoms with Crippen molar-refractivity contribution in [1.82, 2.24) is 5.32 Å². The summed E-state index contributed by atoms with van der Waals surface area (Å²) in [5, 5.41) is 11.6. The Balaban J connectivity index is 3.01. The van der Waals surface area contributed by atoms with Crippen LogP contribution in [0, 0.1) is 0 Å². The van der Waals surface area contributed by atoms with Gasteiger partial charge in [-0.2, -0.15) is 0 Å². The maximum absolute atomic E-state index is 11.8. The van der Waals surface area contributed by atoms with E-state index in [4.69, 9.17) is 14.2 Å². The SMILES string of the molecule is COc1ccc([C@H](NC(=O)OC(C)(C)C)C(=O)O)cc1OC. The summed E-state index contributed by atoms with van der Waals surface area (Å²) in [5.41, 5.74) is -0.374. The van der Waals surface area contributed by atoms with Crippen LogP contribution >= 0.6 is 0 Å². The van der Waals surface area contributed by atoms with Crippen LogP contribution in [0.15, 0.2) is 18.2 Å². The summed E-state index contributed by atoms with van der Waals surface area (Å²) in [7, 11) is 2.92. The number of carbonyl (C=O) groups is 2. The van der Waals surface area contributed by atoms with Crippen molar-refractivity contribution in [3.05, 3.63) is 23.8 Å². The monoisotopic (exact) mass is 311 g/mol. The third-order valence-electron chi connectivity index (χ3n) is 2.65. The normalized spacial score (nSPS) is 12.2. The molecule has 0 aliphatic carbocycles. The van der Waals surface area contributed by atoms with Gasteiger partial charge in [-0.25, -0.2) is 9.59 Å². The third-order valence-corrected chi connectivity index (χ3v) is 2.65. The summed E-state index contributed by atoms with van der Waals surface area (Å²) < 4.78 is 15.3. The molecule has 7 heteroatoms. The van der Waals surface area contributed by atoms with E-state index in [1.54, 1.807) is 26.8 Å². The fourth-order valence-corrected chi connectivity index (χ4v) is 1.75. The average Bonchev–Trinajstić information content (AvgIpc) is 2.41. The second kappa shape index (κ2) is 7.02. The zero-order valence-corrected chi connectivity index (χ0v) is 13.3. The fraction of sp³-hybridized carbons (Fsp3) is 0.467. The number of nitrogens with one attached hydrogen (secondary N) is 1. The van der Waals surface area contributed by atoms with Crippen molar-refractivity contribution in [2.45, 2.75) is 32.4 Å². The lowest BCUT2D eigenvalue weighted by Gasteiger charge is -2.22. The smallest absolute Gasteiger partial charge is 0.408 e. The maximum atomic E-state index is 11.8. The van der Waals surface area contributed by atoms with Crippen LogP contribution in [0.4, 0.5) is 4.79 Å². The van der Waals surface area contributed by atoms with Gasteiger partial charge in [-0.05, 0) is 38.5 Å². The van der Waals surface area contributed by atoms with Gasteiger partial charge in [0.05, 0.1) is 14.2 Å². The lowest BCUT2D eigenvalue weighted by atomic mass is 10.1. The number of carboxylic acid groups (broad SMARTS) is 1. The van der Waals surface area contributed by atoms with Crippen molar-refractivity contribution >= 4 is 12.1 Å². The van der Waals surface area contributed by atoms with Crippen LogP contribution in [0.25, 0.3) is 0 Å². The first kappa shape index (κ1) is 17.6. The highest BCUT2D eigenvalue weighted by Gasteiger charge is 2.26. The summed E-state index contributed by atoms with van der Waals surface area (Å²) in [6.07, 6.45) is -0.810. The van der Waals surface area contributed by atoms with E-state index in [2.05, 4.69) is 5.32 Å². The molecule has 7 nitrogen and oxygen atoms in total. The first-order valence-corrected chi connectivity index (χ1v) is 6.62. The quantitative estimate of drug-likeness (QED) is 0.867. The Kier molecular flexibility index (Phi) is 5.62. The van der Waals surface area contributed by atoms with Gasteiger partial charge in [-0.3, -0.25) is 0 Å². The van der Waals surface area contributed by atoms with Crippen molar-refractivity contribution < 1.29 is 28.9 Å². The number of carboxylic acids is 1. The first-order chi connectivity index (χ1) is 10.2. The van der Waals surface area contributed by atoms with Gasteiger partial charge >= 0.3 is 12.1 Å². The summed E-state index contributed by atoms with van der Waals surface area (Å²) in [6.45, 7) is 5.08. The number of rotatable bonds is 5. The van der Waals surface area contributed by atoms with Crippen molar-refractivity contribution in [2.75, 3.05) is 14.2 Å². The summed E-state index contributed by atoms with van der Waals surface area (Å²) in [4.78, 5) is 23.2. The van der Waals surface area contributed by atoms with Crippen LogP contribution in [0.3, 0.4) is 0 Å². The Hall–Kier alpha value is -2.44. The number of hydrogen-bond donors (Lipinski definition) is 2. The van der Waals surface area contributed by atoms with Crippen LogP contribution in [-0.4, -0.2) is 37.0 Å². The van der Waals surface area contributed by atoms with E-state index in [0.717, 1.165) is 0 Å². The minimum atomic E-state index is -1.25.